The second kappa shape index (κ2) is 5.46. The minimum atomic E-state index is -0.109. The zero-order valence-electron chi connectivity index (χ0n) is 11.7. The molecular formula is C16H16N2O3. The molecular weight excluding hydrogens is 268 g/mol. The number of carbonyl (C=O) groups is 1. The van der Waals surface area contributed by atoms with E-state index in [1.807, 2.05) is 24.3 Å². The van der Waals surface area contributed by atoms with Crippen LogP contribution in [0, 0.1) is 0 Å². The van der Waals surface area contributed by atoms with Crippen molar-refractivity contribution in [3.8, 4) is 11.5 Å². The summed E-state index contributed by atoms with van der Waals surface area (Å²) < 4.78 is 10.5. The zero-order chi connectivity index (χ0) is 14.8. The molecule has 0 atom stereocenters. The van der Waals surface area contributed by atoms with Crippen LogP contribution in [0.5, 0.6) is 11.5 Å². The maximum absolute atomic E-state index is 12.5. The molecule has 1 heterocycles. The van der Waals surface area contributed by atoms with Gasteiger partial charge in [-0.05, 0) is 35.9 Å². The van der Waals surface area contributed by atoms with Gasteiger partial charge >= 0.3 is 0 Å². The lowest BCUT2D eigenvalue weighted by Gasteiger charge is -2.18. The van der Waals surface area contributed by atoms with Crippen molar-refractivity contribution >= 4 is 11.6 Å². The van der Waals surface area contributed by atoms with Gasteiger partial charge < -0.3 is 20.1 Å². The van der Waals surface area contributed by atoms with Crippen LogP contribution in [0.15, 0.2) is 42.5 Å². The number of nitrogens with zero attached hydrogens (tertiary/aromatic N) is 1. The van der Waals surface area contributed by atoms with Crippen molar-refractivity contribution in [3.05, 3.63) is 53.6 Å². The van der Waals surface area contributed by atoms with E-state index in [-0.39, 0.29) is 12.7 Å². The Morgan fingerprint density at radius 3 is 2.81 bits per heavy atom. The molecule has 0 saturated heterocycles. The molecule has 21 heavy (non-hydrogen) atoms. The van der Waals surface area contributed by atoms with E-state index in [0.29, 0.717) is 23.6 Å². The summed E-state index contributed by atoms with van der Waals surface area (Å²) in [6.45, 7) is 0.640. The summed E-state index contributed by atoms with van der Waals surface area (Å²) >= 11 is 0. The first-order valence-electron chi connectivity index (χ1n) is 6.66. The van der Waals surface area contributed by atoms with Gasteiger partial charge in [0.15, 0.2) is 11.5 Å². The normalized spacial score (nSPS) is 12.3. The number of nitrogens with two attached hydrogens (primary N) is 1. The number of carbonyl (C=O) groups excluding carboxylic acids is 1. The third-order valence-electron chi connectivity index (χ3n) is 3.46. The molecule has 1 aliphatic heterocycles. The summed E-state index contributed by atoms with van der Waals surface area (Å²) in [4.78, 5) is 14.1. The fraction of sp³-hybridized carbons (Fsp3) is 0.188. The van der Waals surface area contributed by atoms with Crippen LogP contribution in [0.1, 0.15) is 15.9 Å². The SMILES string of the molecule is CN(C(=O)c1ccc2c(c1)OCO2)c1cccc(CN)c1. The van der Waals surface area contributed by atoms with Gasteiger partial charge in [0.1, 0.15) is 0 Å². The van der Waals surface area contributed by atoms with E-state index in [2.05, 4.69) is 0 Å². The Kier molecular flexibility index (Phi) is 3.50. The highest BCUT2D eigenvalue weighted by Crippen LogP contribution is 2.33. The third kappa shape index (κ3) is 2.55. The summed E-state index contributed by atoms with van der Waals surface area (Å²) in [5.41, 5.74) is 7.98. The number of benzene rings is 2. The Bertz CT molecular complexity index is 685. The van der Waals surface area contributed by atoms with Crippen LogP contribution >= 0.6 is 0 Å². The lowest BCUT2D eigenvalue weighted by atomic mass is 10.1. The lowest BCUT2D eigenvalue weighted by Crippen LogP contribution is -2.26. The summed E-state index contributed by atoms with van der Waals surface area (Å²) in [6, 6.07) is 12.8. The molecule has 2 N–H and O–H groups in total. The molecule has 0 unspecified atom stereocenters. The number of hydrogen-bond acceptors (Lipinski definition) is 4. The van der Waals surface area contributed by atoms with Crippen LogP contribution in [0.25, 0.3) is 0 Å². The van der Waals surface area contributed by atoms with Gasteiger partial charge in [0.25, 0.3) is 5.91 Å². The van der Waals surface area contributed by atoms with Crippen molar-refractivity contribution in [3.63, 3.8) is 0 Å². The van der Waals surface area contributed by atoms with Gasteiger partial charge in [-0.15, -0.1) is 0 Å². The topological polar surface area (TPSA) is 64.8 Å². The number of hydrogen-bond donors (Lipinski definition) is 1. The van der Waals surface area contributed by atoms with Gasteiger partial charge in [-0.25, -0.2) is 0 Å². The zero-order valence-corrected chi connectivity index (χ0v) is 11.7. The molecule has 2 aromatic carbocycles. The second-order valence-corrected chi connectivity index (χ2v) is 4.81. The van der Waals surface area contributed by atoms with Gasteiger partial charge in [0, 0.05) is 24.8 Å². The maximum Gasteiger partial charge on any atom is 0.258 e. The molecule has 108 valence electrons. The molecule has 1 aliphatic rings. The largest absolute Gasteiger partial charge is 0.454 e. The van der Waals surface area contributed by atoms with E-state index in [1.165, 1.54) is 0 Å². The average molecular weight is 284 g/mol. The Balaban J connectivity index is 1.87. The summed E-state index contributed by atoms with van der Waals surface area (Å²) in [6.07, 6.45) is 0. The van der Waals surface area contributed by atoms with E-state index < -0.39 is 0 Å². The Morgan fingerprint density at radius 1 is 1.19 bits per heavy atom. The molecule has 0 spiro atoms. The molecule has 0 radical (unpaired) electrons. The Labute approximate surface area is 122 Å². The van der Waals surface area contributed by atoms with E-state index in [0.717, 1.165) is 11.3 Å². The van der Waals surface area contributed by atoms with Crippen molar-refractivity contribution in [2.75, 3.05) is 18.7 Å². The van der Waals surface area contributed by atoms with Gasteiger partial charge in [-0.2, -0.15) is 0 Å². The van der Waals surface area contributed by atoms with Gasteiger partial charge in [0.2, 0.25) is 6.79 Å². The minimum Gasteiger partial charge on any atom is -0.454 e. The van der Waals surface area contributed by atoms with Crippen LogP contribution < -0.4 is 20.1 Å². The average Bonchev–Trinajstić information content (AvgIpc) is 3.01. The smallest absolute Gasteiger partial charge is 0.258 e. The quantitative estimate of drug-likeness (QED) is 0.938. The van der Waals surface area contributed by atoms with Crippen LogP contribution in [-0.2, 0) is 6.54 Å². The molecule has 5 nitrogen and oxygen atoms in total. The minimum absolute atomic E-state index is 0.109. The molecule has 0 saturated carbocycles. The predicted octanol–water partition coefficient (Wildman–Crippen LogP) is 2.15. The molecule has 5 heteroatoms. The highest BCUT2D eigenvalue weighted by atomic mass is 16.7. The van der Waals surface area contributed by atoms with E-state index in [4.69, 9.17) is 15.2 Å². The molecule has 0 aromatic heterocycles. The fourth-order valence-corrected chi connectivity index (χ4v) is 2.23. The number of fused-ring (bicyclic) bond motifs is 1. The van der Waals surface area contributed by atoms with Crippen LogP contribution in [0.4, 0.5) is 5.69 Å². The summed E-state index contributed by atoms with van der Waals surface area (Å²) in [5.74, 6) is 1.16. The number of anilines is 1. The maximum atomic E-state index is 12.5. The first-order valence-corrected chi connectivity index (χ1v) is 6.66. The van der Waals surface area contributed by atoms with Crippen molar-refractivity contribution < 1.29 is 14.3 Å². The number of ether oxygens (including phenoxy) is 2. The summed E-state index contributed by atoms with van der Waals surface area (Å²) in [7, 11) is 1.74. The van der Waals surface area contributed by atoms with Gasteiger partial charge in [-0.3, -0.25) is 4.79 Å². The third-order valence-corrected chi connectivity index (χ3v) is 3.46. The van der Waals surface area contributed by atoms with Gasteiger partial charge in [0.05, 0.1) is 0 Å². The van der Waals surface area contributed by atoms with E-state index in [9.17, 15) is 4.79 Å². The standard InChI is InChI=1S/C16H16N2O3/c1-18(13-4-2-3-11(7-13)9-17)16(19)12-5-6-14-15(8-12)21-10-20-14/h2-8H,9-10,17H2,1H3. The molecule has 1 amide bonds. The van der Waals surface area contributed by atoms with Gasteiger partial charge in [-0.1, -0.05) is 12.1 Å². The Hall–Kier alpha value is -2.53. The highest BCUT2D eigenvalue weighted by molar-refractivity contribution is 6.06. The predicted molar refractivity (Wildman–Crippen MR) is 79.6 cm³/mol. The van der Waals surface area contributed by atoms with E-state index in [1.54, 1.807) is 30.1 Å². The molecule has 2 aromatic rings. The second-order valence-electron chi connectivity index (χ2n) is 4.81. The first-order chi connectivity index (χ1) is 10.2. The van der Waals surface area contributed by atoms with Crippen molar-refractivity contribution in [2.45, 2.75) is 6.54 Å². The number of rotatable bonds is 3. The van der Waals surface area contributed by atoms with Crippen molar-refractivity contribution in [2.24, 2.45) is 5.73 Å². The number of amides is 1. The Morgan fingerprint density at radius 2 is 2.00 bits per heavy atom. The summed E-state index contributed by atoms with van der Waals surface area (Å²) in [5, 5.41) is 0. The monoisotopic (exact) mass is 284 g/mol. The lowest BCUT2D eigenvalue weighted by molar-refractivity contribution is 0.0992. The van der Waals surface area contributed by atoms with E-state index >= 15 is 0 Å². The van der Waals surface area contributed by atoms with Crippen molar-refractivity contribution in [1.29, 1.82) is 0 Å². The first kappa shape index (κ1) is 13.5. The van der Waals surface area contributed by atoms with Crippen LogP contribution in [0.3, 0.4) is 0 Å². The highest BCUT2D eigenvalue weighted by Gasteiger charge is 2.19. The van der Waals surface area contributed by atoms with Crippen molar-refractivity contribution in [1.82, 2.24) is 0 Å². The fourth-order valence-electron chi connectivity index (χ4n) is 2.23. The molecule has 0 bridgehead atoms. The van der Waals surface area contributed by atoms with Crippen LogP contribution in [-0.4, -0.2) is 19.7 Å². The van der Waals surface area contributed by atoms with Crippen LogP contribution in [0.2, 0.25) is 0 Å². The molecule has 0 fully saturated rings. The molecule has 0 aliphatic carbocycles. The molecule has 3 rings (SSSR count).